The van der Waals surface area contributed by atoms with Gasteiger partial charge in [0.2, 0.25) is 5.95 Å². The minimum Gasteiger partial charge on any atom is -0.497 e. The van der Waals surface area contributed by atoms with Crippen molar-refractivity contribution >= 4 is 22.8 Å². The van der Waals surface area contributed by atoms with E-state index in [-0.39, 0.29) is 5.91 Å². The number of ether oxygens (including phenoxy) is 1. The molecule has 128 valence electrons. The summed E-state index contributed by atoms with van der Waals surface area (Å²) in [7, 11) is 1.63. The number of aromatic amines is 1. The number of anilines is 1. The fraction of sp³-hybridized carbons (Fsp3) is 0.278. The molecule has 0 saturated carbocycles. The van der Waals surface area contributed by atoms with Gasteiger partial charge in [-0.15, -0.1) is 0 Å². The van der Waals surface area contributed by atoms with Crippen LogP contribution < -0.4 is 9.64 Å². The number of fused-ring (bicyclic) bond motifs is 1. The Kier molecular flexibility index (Phi) is 3.97. The molecule has 25 heavy (non-hydrogen) atoms. The van der Waals surface area contributed by atoms with Gasteiger partial charge in [0.25, 0.3) is 5.91 Å². The number of nitrogens with one attached hydrogen (secondary N) is 1. The van der Waals surface area contributed by atoms with Crippen LogP contribution in [0.15, 0.2) is 42.7 Å². The van der Waals surface area contributed by atoms with Gasteiger partial charge < -0.3 is 19.5 Å². The number of nitrogens with zero attached hydrogens (tertiary/aromatic N) is 4. The third kappa shape index (κ3) is 3.00. The molecule has 0 radical (unpaired) electrons. The number of rotatable bonds is 3. The molecule has 1 saturated heterocycles. The van der Waals surface area contributed by atoms with Crippen molar-refractivity contribution < 1.29 is 9.53 Å². The van der Waals surface area contributed by atoms with Crippen molar-refractivity contribution in [1.82, 2.24) is 19.9 Å². The summed E-state index contributed by atoms with van der Waals surface area (Å²) in [6.45, 7) is 2.75. The average molecular weight is 337 g/mol. The molecule has 4 rings (SSSR count). The van der Waals surface area contributed by atoms with E-state index in [0.717, 1.165) is 29.7 Å². The summed E-state index contributed by atoms with van der Waals surface area (Å²) in [6, 6.07) is 9.43. The quantitative estimate of drug-likeness (QED) is 0.790. The predicted octanol–water partition coefficient (Wildman–Crippen LogP) is 1.93. The Balaban J connectivity index is 1.47. The van der Waals surface area contributed by atoms with E-state index >= 15 is 0 Å². The number of hydrogen-bond acceptors (Lipinski definition) is 5. The van der Waals surface area contributed by atoms with Crippen LogP contribution in [0.1, 0.15) is 10.5 Å². The first-order valence-corrected chi connectivity index (χ1v) is 8.22. The largest absolute Gasteiger partial charge is 0.497 e. The fourth-order valence-corrected chi connectivity index (χ4v) is 3.08. The normalized spacial score (nSPS) is 14.8. The maximum absolute atomic E-state index is 12.8. The van der Waals surface area contributed by atoms with Crippen LogP contribution in [0.4, 0.5) is 5.95 Å². The summed E-state index contributed by atoms with van der Waals surface area (Å²) in [5, 5.41) is 1.00. The molecule has 3 heterocycles. The van der Waals surface area contributed by atoms with Gasteiger partial charge in [0, 0.05) is 55.5 Å². The molecule has 1 aliphatic heterocycles. The Morgan fingerprint density at radius 3 is 2.60 bits per heavy atom. The van der Waals surface area contributed by atoms with Crippen LogP contribution >= 0.6 is 0 Å². The molecular formula is C18H19N5O2. The number of amides is 1. The molecular weight excluding hydrogens is 318 g/mol. The minimum absolute atomic E-state index is 0.0174. The highest BCUT2D eigenvalue weighted by Crippen LogP contribution is 2.22. The first-order chi connectivity index (χ1) is 12.2. The standard InChI is InChI=1S/C18H19N5O2/c1-25-14-4-3-13-11-16(21-15(13)12-14)17(24)22-7-9-23(10-8-22)18-19-5-2-6-20-18/h2-6,11-12,21H,7-10H2,1H3. The molecule has 7 nitrogen and oxygen atoms in total. The van der Waals surface area contributed by atoms with Crippen molar-refractivity contribution in [2.24, 2.45) is 0 Å². The third-order valence-corrected chi connectivity index (χ3v) is 4.46. The van der Waals surface area contributed by atoms with Crippen molar-refractivity contribution in [2.75, 3.05) is 38.2 Å². The van der Waals surface area contributed by atoms with Gasteiger partial charge in [0.15, 0.2) is 0 Å². The first kappa shape index (κ1) is 15.4. The van der Waals surface area contributed by atoms with Gasteiger partial charge in [-0.2, -0.15) is 0 Å². The molecule has 1 aromatic carbocycles. The number of carbonyl (C=O) groups excluding carboxylic acids is 1. The third-order valence-electron chi connectivity index (χ3n) is 4.46. The molecule has 7 heteroatoms. The molecule has 1 N–H and O–H groups in total. The zero-order valence-corrected chi connectivity index (χ0v) is 14.0. The first-order valence-electron chi connectivity index (χ1n) is 8.22. The van der Waals surface area contributed by atoms with Crippen LogP contribution in [0.5, 0.6) is 5.75 Å². The van der Waals surface area contributed by atoms with Gasteiger partial charge in [-0.3, -0.25) is 4.79 Å². The molecule has 3 aromatic rings. The highest BCUT2D eigenvalue weighted by Gasteiger charge is 2.24. The van der Waals surface area contributed by atoms with Gasteiger partial charge in [-0.1, -0.05) is 0 Å². The van der Waals surface area contributed by atoms with Gasteiger partial charge in [-0.25, -0.2) is 9.97 Å². The average Bonchev–Trinajstić information content (AvgIpc) is 3.11. The number of benzene rings is 1. The van der Waals surface area contributed by atoms with E-state index in [4.69, 9.17) is 4.74 Å². The van der Waals surface area contributed by atoms with Crippen LogP contribution in [0.3, 0.4) is 0 Å². The molecule has 0 spiro atoms. The molecule has 0 unspecified atom stereocenters. The topological polar surface area (TPSA) is 74.3 Å². The Morgan fingerprint density at radius 2 is 1.88 bits per heavy atom. The molecule has 2 aromatic heterocycles. The summed E-state index contributed by atoms with van der Waals surface area (Å²) >= 11 is 0. The lowest BCUT2D eigenvalue weighted by atomic mass is 10.2. The molecule has 0 atom stereocenters. The number of hydrogen-bond donors (Lipinski definition) is 1. The number of aromatic nitrogens is 3. The van der Waals surface area contributed by atoms with Gasteiger partial charge in [-0.05, 0) is 24.3 Å². The maximum Gasteiger partial charge on any atom is 0.270 e. The molecule has 0 bridgehead atoms. The van der Waals surface area contributed by atoms with Crippen LogP contribution in [-0.4, -0.2) is 59.0 Å². The van der Waals surface area contributed by atoms with Crippen molar-refractivity contribution in [1.29, 1.82) is 0 Å². The summed E-state index contributed by atoms with van der Waals surface area (Å²) in [5.41, 5.74) is 1.51. The van der Waals surface area contributed by atoms with Crippen molar-refractivity contribution in [3.05, 3.63) is 48.4 Å². The summed E-state index contributed by atoms with van der Waals surface area (Å²) in [4.78, 5) is 28.5. The van der Waals surface area contributed by atoms with Crippen molar-refractivity contribution in [3.8, 4) is 5.75 Å². The van der Waals surface area contributed by atoms with E-state index in [1.807, 2.05) is 29.2 Å². The SMILES string of the molecule is COc1ccc2cc(C(=O)N3CCN(c4ncccn4)CC3)[nH]c2c1. The molecule has 1 amide bonds. The van der Waals surface area contributed by atoms with Gasteiger partial charge in [0.05, 0.1) is 7.11 Å². The monoisotopic (exact) mass is 337 g/mol. The smallest absolute Gasteiger partial charge is 0.270 e. The van der Waals surface area contributed by atoms with Crippen LogP contribution in [-0.2, 0) is 0 Å². The van der Waals surface area contributed by atoms with E-state index in [1.54, 1.807) is 25.6 Å². The lowest BCUT2D eigenvalue weighted by Gasteiger charge is -2.34. The van der Waals surface area contributed by atoms with Crippen LogP contribution in [0.25, 0.3) is 10.9 Å². The Bertz CT molecular complexity index is 885. The van der Waals surface area contributed by atoms with Crippen LogP contribution in [0, 0.1) is 0 Å². The number of H-pyrrole nitrogens is 1. The Labute approximate surface area is 145 Å². The van der Waals surface area contributed by atoms with E-state index in [1.165, 1.54) is 0 Å². The van der Waals surface area contributed by atoms with E-state index in [2.05, 4.69) is 19.9 Å². The van der Waals surface area contributed by atoms with Gasteiger partial charge in [0.1, 0.15) is 11.4 Å². The zero-order valence-electron chi connectivity index (χ0n) is 14.0. The summed E-state index contributed by atoms with van der Waals surface area (Å²) in [6.07, 6.45) is 3.47. The summed E-state index contributed by atoms with van der Waals surface area (Å²) in [5.74, 6) is 1.50. The minimum atomic E-state index is 0.0174. The number of piperazine rings is 1. The highest BCUT2D eigenvalue weighted by molar-refractivity contribution is 5.98. The lowest BCUT2D eigenvalue weighted by Crippen LogP contribution is -2.49. The van der Waals surface area contributed by atoms with Crippen molar-refractivity contribution in [2.45, 2.75) is 0 Å². The van der Waals surface area contributed by atoms with E-state index < -0.39 is 0 Å². The zero-order chi connectivity index (χ0) is 17.2. The predicted molar refractivity (Wildman–Crippen MR) is 95.0 cm³/mol. The molecule has 1 aliphatic rings. The van der Waals surface area contributed by atoms with Crippen molar-refractivity contribution in [3.63, 3.8) is 0 Å². The molecule has 0 aliphatic carbocycles. The second-order valence-corrected chi connectivity index (χ2v) is 5.96. The fourth-order valence-electron chi connectivity index (χ4n) is 3.08. The second-order valence-electron chi connectivity index (χ2n) is 5.96. The Morgan fingerprint density at radius 1 is 1.12 bits per heavy atom. The van der Waals surface area contributed by atoms with Crippen LogP contribution in [0.2, 0.25) is 0 Å². The highest BCUT2D eigenvalue weighted by atomic mass is 16.5. The van der Waals surface area contributed by atoms with E-state index in [9.17, 15) is 4.79 Å². The molecule has 1 fully saturated rings. The van der Waals surface area contributed by atoms with Gasteiger partial charge >= 0.3 is 0 Å². The Hall–Kier alpha value is -3.09. The second kappa shape index (κ2) is 6.43. The summed E-state index contributed by atoms with van der Waals surface area (Å²) < 4.78 is 5.23. The maximum atomic E-state index is 12.8. The van der Waals surface area contributed by atoms with E-state index in [0.29, 0.717) is 24.7 Å². The lowest BCUT2D eigenvalue weighted by molar-refractivity contribution is 0.0741. The number of methoxy groups -OCH3 is 1. The number of carbonyl (C=O) groups is 1.